The number of hydrogen-bond acceptors (Lipinski definition) is 4. The number of methoxy groups -OCH3 is 1. The molecule has 0 aliphatic carbocycles. The van der Waals surface area contributed by atoms with Crippen molar-refractivity contribution in [1.29, 1.82) is 0 Å². The van der Waals surface area contributed by atoms with E-state index in [1.54, 1.807) is 18.4 Å². The molecule has 0 spiro atoms. The summed E-state index contributed by atoms with van der Waals surface area (Å²) in [7, 11) is 1.72. The minimum absolute atomic E-state index is 0.0937. The molecule has 0 bridgehead atoms. The molecule has 0 fully saturated rings. The summed E-state index contributed by atoms with van der Waals surface area (Å²) in [6.45, 7) is 4.20. The fourth-order valence-electron chi connectivity index (χ4n) is 1.65. The normalized spacial score (nSPS) is 15.4. The van der Waals surface area contributed by atoms with Crippen LogP contribution >= 0.6 is 11.3 Å². The largest absolute Gasteiger partial charge is 0.379 e. The monoisotopic (exact) mass is 214 g/mol. The van der Waals surface area contributed by atoms with Gasteiger partial charge in [-0.2, -0.15) is 0 Å². The fourth-order valence-corrected chi connectivity index (χ4v) is 2.40. The number of hydrazine groups is 1. The van der Waals surface area contributed by atoms with Crippen LogP contribution in [0.25, 0.3) is 0 Å². The molecule has 80 valence electrons. The lowest BCUT2D eigenvalue weighted by molar-refractivity contribution is 0.0650. The summed E-state index contributed by atoms with van der Waals surface area (Å²) in [6, 6.07) is 2.20. The molecule has 0 saturated heterocycles. The first-order valence-electron chi connectivity index (χ1n) is 4.77. The zero-order chi connectivity index (χ0) is 10.6. The maximum Gasteiger partial charge on any atom is 0.0776 e. The van der Waals surface area contributed by atoms with Gasteiger partial charge in [0, 0.05) is 12.0 Å². The second kappa shape index (κ2) is 5.46. The molecule has 0 aliphatic heterocycles. The minimum Gasteiger partial charge on any atom is -0.379 e. The highest BCUT2D eigenvalue weighted by Crippen LogP contribution is 2.26. The predicted octanol–water partition coefficient (Wildman–Crippen LogP) is 1.99. The van der Waals surface area contributed by atoms with Crippen molar-refractivity contribution in [2.75, 3.05) is 7.11 Å². The first-order chi connectivity index (χ1) is 6.74. The van der Waals surface area contributed by atoms with Crippen molar-refractivity contribution < 1.29 is 4.74 Å². The second-order valence-electron chi connectivity index (χ2n) is 3.26. The molecule has 1 aromatic rings. The highest BCUT2D eigenvalue weighted by molar-refractivity contribution is 7.10. The third-order valence-electron chi connectivity index (χ3n) is 2.49. The van der Waals surface area contributed by atoms with Crippen LogP contribution in [0.4, 0.5) is 0 Å². The summed E-state index contributed by atoms with van der Waals surface area (Å²) in [5.41, 5.74) is 4.07. The van der Waals surface area contributed by atoms with E-state index in [9.17, 15) is 0 Å². The van der Waals surface area contributed by atoms with Crippen LogP contribution in [0.1, 0.15) is 29.8 Å². The van der Waals surface area contributed by atoms with Crippen molar-refractivity contribution >= 4 is 11.3 Å². The van der Waals surface area contributed by atoms with E-state index in [4.69, 9.17) is 10.6 Å². The summed E-state index contributed by atoms with van der Waals surface area (Å²) >= 11 is 1.74. The van der Waals surface area contributed by atoms with Crippen LogP contribution in [0.15, 0.2) is 11.4 Å². The Balaban J connectivity index is 2.86. The van der Waals surface area contributed by atoms with Crippen LogP contribution in [0, 0.1) is 6.92 Å². The van der Waals surface area contributed by atoms with Crippen LogP contribution in [0.3, 0.4) is 0 Å². The Hall–Kier alpha value is -0.420. The van der Waals surface area contributed by atoms with E-state index in [0.717, 1.165) is 6.42 Å². The molecular weight excluding hydrogens is 196 g/mol. The molecule has 0 aromatic carbocycles. The van der Waals surface area contributed by atoms with E-state index >= 15 is 0 Å². The van der Waals surface area contributed by atoms with Crippen molar-refractivity contribution in [3.8, 4) is 0 Å². The molecule has 2 atom stereocenters. The van der Waals surface area contributed by atoms with Crippen molar-refractivity contribution in [1.82, 2.24) is 5.43 Å². The summed E-state index contributed by atoms with van der Waals surface area (Å²) in [6.07, 6.45) is 1.08. The number of hydrogen-bond donors (Lipinski definition) is 2. The maximum atomic E-state index is 5.56. The van der Waals surface area contributed by atoms with Gasteiger partial charge in [-0.1, -0.05) is 6.92 Å². The Bertz CT molecular complexity index is 271. The zero-order valence-corrected chi connectivity index (χ0v) is 9.73. The predicted molar refractivity (Wildman–Crippen MR) is 60.2 cm³/mol. The smallest absolute Gasteiger partial charge is 0.0776 e. The topological polar surface area (TPSA) is 47.3 Å². The van der Waals surface area contributed by atoms with Gasteiger partial charge in [-0.05, 0) is 30.4 Å². The van der Waals surface area contributed by atoms with Crippen molar-refractivity contribution in [3.63, 3.8) is 0 Å². The lowest BCUT2D eigenvalue weighted by Crippen LogP contribution is -2.37. The van der Waals surface area contributed by atoms with Crippen LogP contribution in [-0.4, -0.2) is 13.2 Å². The molecular formula is C10H18N2OS. The van der Waals surface area contributed by atoms with Gasteiger partial charge in [0.25, 0.3) is 0 Å². The number of rotatable bonds is 5. The third-order valence-corrected chi connectivity index (χ3v) is 3.35. The van der Waals surface area contributed by atoms with Crippen LogP contribution in [0.5, 0.6) is 0 Å². The number of aryl methyl sites for hydroxylation is 1. The van der Waals surface area contributed by atoms with Gasteiger partial charge in [-0.25, -0.2) is 0 Å². The number of nitrogens with one attached hydrogen (secondary N) is 1. The lowest BCUT2D eigenvalue weighted by atomic mass is 10.0. The third kappa shape index (κ3) is 2.33. The molecule has 0 amide bonds. The first kappa shape index (κ1) is 11.7. The Morgan fingerprint density at radius 1 is 1.64 bits per heavy atom. The lowest BCUT2D eigenvalue weighted by Gasteiger charge is -2.24. The molecule has 2 unspecified atom stereocenters. The molecule has 1 aromatic heterocycles. The molecule has 1 heterocycles. The zero-order valence-electron chi connectivity index (χ0n) is 8.91. The van der Waals surface area contributed by atoms with Crippen LogP contribution < -0.4 is 11.3 Å². The molecule has 0 radical (unpaired) electrons. The molecule has 0 aliphatic rings. The van der Waals surface area contributed by atoms with E-state index in [1.807, 2.05) is 0 Å². The van der Waals surface area contributed by atoms with Crippen molar-refractivity contribution in [3.05, 3.63) is 21.9 Å². The van der Waals surface area contributed by atoms with E-state index in [1.165, 1.54) is 10.4 Å². The molecule has 1 rings (SSSR count). The average Bonchev–Trinajstić information content (AvgIpc) is 2.61. The number of thiophene rings is 1. The average molecular weight is 214 g/mol. The van der Waals surface area contributed by atoms with Gasteiger partial charge in [0.05, 0.1) is 12.1 Å². The Morgan fingerprint density at radius 3 is 2.71 bits per heavy atom. The SMILES string of the molecule is CCC(OC)C(NN)c1ccsc1C. The van der Waals surface area contributed by atoms with Gasteiger partial charge in [-0.3, -0.25) is 11.3 Å². The minimum atomic E-state index is 0.0937. The molecule has 3 nitrogen and oxygen atoms in total. The molecule has 3 N–H and O–H groups in total. The summed E-state index contributed by atoms with van der Waals surface area (Å²) in [5, 5.41) is 2.08. The summed E-state index contributed by atoms with van der Waals surface area (Å²) in [5.74, 6) is 5.56. The van der Waals surface area contributed by atoms with E-state index in [2.05, 4.69) is 30.7 Å². The van der Waals surface area contributed by atoms with E-state index < -0.39 is 0 Å². The van der Waals surface area contributed by atoms with Crippen LogP contribution in [-0.2, 0) is 4.74 Å². The fraction of sp³-hybridized carbons (Fsp3) is 0.600. The molecule has 4 heteroatoms. The highest BCUT2D eigenvalue weighted by atomic mass is 32.1. The highest BCUT2D eigenvalue weighted by Gasteiger charge is 2.22. The molecule has 0 saturated carbocycles. The van der Waals surface area contributed by atoms with Crippen molar-refractivity contribution in [2.24, 2.45) is 5.84 Å². The van der Waals surface area contributed by atoms with Crippen molar-refractivity contribution in [2.45, 2.75) is 32.4 Å². The van der Waals surface area contributed by atoms with Crippen LogP contribution in [0.2, 0.25) is 0 Å². The van der Waals surface area contributed by atoms with E-state index in [-0.39, 0.29) is 12.1 Å². The Labute approximate surface area is 89.2 Å². The second-order valence-corrected chi connectivity index (χ2v) is 4.38. The summed E-state index contributed by atoms with van der Waals surface area (Å²) in [4.78, 5) is 1.29. The number of ether oxygens (including phenoxy) is 1. The van der Waals surface area contributed by atoms with Gasteiger partial charge in [0.2, 0.25) is 0 Å². The van der Waals surface area contributed by atoms with Gasteiger partial charge < -0.3 is 4.74 Å². The van der Waals surface area contributed by atoms with Gasteiger partial charge in [-0.15, -0.1) is 11.3 Å². The number of nitrogens with two attached hydrogens (primary N) is 1. The van der Waals surface area contributed by atoms with Gasteiger partial charge in [0.1, 0.15) is 0 Å². The first-order valence-corrected chi connectivity index (χ1v) is 5.65. The van der Waals surface area contributed by atoms with Gasteiger partial charge >= 0.3 is 0 Å². The Kier molecular flexibility index (Phi) is 4.54. The quantitative estimate of drug-likeness (QED) is 0.582. The molecule has 14 heavy (non-hydrogen) atoms. The van der Waals surface area contributed by atoms with E-state index in [0.29, 0.717) is 0 Å². The maximum absolute atomic E-state index is 5.56. The van der Waals surface area contributed by atoms with Gasteiger partial charge in [0.15, 0.2) is 0 Å². The summed E-state index contributed by atoms with van der Waals surface area (Å²) < 4.78 is 5.39. The Morgan fingerprint density at radius 2 is 2.36 bits per heavy atom. The standard InChI is InChI=1S/C10H18N2OS/c1-4-9(13-3)10(12-11)8-5-6-14-7(8)2/h5-6,9-10,12H,4,11H2,1-3H3.